The summed E-state index contributed by atoms with van der Waals surface area (Å²) in [6, 6.07) is 1.51. The van der Waals surface area contributed by atoms with E-state index in [-0.39, 0.29) is 5.69 Å². The number of fused-ring (bicyclic) bond motifs is 1. The molecule has 0 fully saturated rings. The van der Waals surface area contributed by atoms with Crippen LogP contribution in [0.15, 0.2) is 18.5 Å². The molecule has 5 heteroatoms. The molecule has 2 aromatic rings. The van der Waals surface area contributed by atoms with Crippen molar-refractivity contribution in [1.29, 1.82) is 0 Å². The van der Waals surface area contributed by atoms with Crippen molar-refractivity contribution >= 4 is 11.7 Å². The highest BCUT2D eigenvalue weighted by atomic mass is 16.4. The molecule has 0 unspecified atom stereocenters. The Morgan fingerprint density at radius 2 is 2.38 bits per heavy atom. The number of aromatic carboxylic acids is 1. The second kappa shape index (κ2) is 2.55. The number of carboxylic acids is 1. The number of nitrogens with zero attached hydrogens (tertiary/aromatic N) is 3. The van der Waals surface area contributed by atoms with Crippen molar-refractivity contribution in [3.05, 3.63) is 29.8 Å². The summed E-state index contributed by atoms with van der Waals surface area (Å²) < 4.78 is 1.73. The van der Waals surface area contributed by atoms with Crippen molar-refractivity contribution in [1.82, 2.24) is 14.4 Å². The van der Waals surface area contributed by atoms with Gasteiger partial charge in [-0.2, -0.15) is 0 Å². The van der Waals surface area contributed by atoms with Gasteiger partial charge in [-0.05, 0) is 13.0 Å². The maximum atomic E-state index is 10.6. The zero-order chi connectivity index (χ0) is 9.42. The van der Waals surface area contributed by atoms with Crippen LogP contribution in [0.5, 0.6) is 0 Å². The summed E-state index contributed by atoms with van der Waals surface area (Å²) in [5, 5.41) is 8.71. The molecule has 0 aromatic carbocycles. The number of hydrogen-bond donors (Lipinski definition) is 1. The molecule has 5 nitrogen and oxygen atoms in total. The van der Waals surface area contributed by atoms with Crippen LogP contribution >= 0.6 is 0 Å². The minimum atomic E-state index is -1.03. The average Bonchev–Trinajstić information content (AvgIpc) is 2.51. The number of rotatable bonds is 1. The lowest BCUT2D eigenvalue weighted by molar-refractivity contribution is 0.0690. The summed E-state index contributed by atoms with van der Waals surface area (Å²) >= 11 is 0. The second-order valence-corrected chi connectivity index (χ2v) is 2.69. The maximum Gasteiger partial charge on any atom is 0.354 e. The third-order valence-corrected chi connectivity index (χ3v) is 1.79. The standard InChI is InChI=1S/C8H7N3O2/c1-5-4-6(7(12)13)10-8-9-2-3-11(5)8/h2-4H,1H3,(H,12,13). The molecule has 2 aromatic heterocycles. The molecule has 0 radical (unpaired) electrons. The first-order valence-electron chi connectivity index (χ1n) is 3.72. The fourth-order valence-corrected chi connectivity index (χ4v) is 1.17. The lowest BCUT2D eigenvalue weighted by Crippen LogP contribution is -2.04. The summed E-state index contributed by atoms with van der Waals surface area (Å²) in [6.45, 7) is 1.81. The van der Waals surface area contributed by atoms with Gasteiger partial charge in [0.05, 0.1) is 0 Å². The van der Waals surface area contributed by atoms with Gasteiger partial charge in [0.1, 0.15) is 0 Å². The summed E-state index contributed by atoms with van der Waals surface area (Å²) in [5.74, 6) is -0.619. The van der Waals surface area contributed by atoms with Gasteiger partial charge in [0.25, 0.3) is 0 Å². The van der Waals surface area contributed by atoms with Crippen molar-refractivity contribution in [3.8, 4) is 0 Å². The second-order valence-electron chi connectivity index (χ2n) is 2.69. The average molecular weight is 177 g/mol. The summed E-state index contributed by atoms with van der Waals surface area (Å²) in [5.41, 5.74) is 0.830. The molecule has 0 bridgehead atoms. The van der Waals surface area contributed by atoms with Gasteiger partial charge < -0.3 is 5.11 Å². The van der Waals surface area contributed by atoms with Gasteiger partial charge in [0.15, 0.2) is 5.69 Å². The Kier molecular flexibility index (Phi) is 1.51. The number of carbonyl (C=O) groups is 1. The number of hydrogen-bond acceptors (Lipinski definition) is 3. The molecule has 0 saturated carbocycles. The molecule has 0 saturated heterocycles. The smallest absolute Gasteiger partial charge is 0.354 e. The highest BCUT2D eigenvalue weighted by molar-refractivity contribution is 5.85. The number of carboxylic acid groups (broad SMARTS) is 1. The third-order valence-electron chi connectivity index (χ3n) is 1.79. The van der Waals surface area contributed by atoms with E-state index in [0.717, 1.165) is 5.69 Å². The first kappa shape index (κ1) is 7.72. The molecule has 2 heterocycles. The zero-order valence-corrected chi connectivity index (χ0v) is 6.93. The molecule has 0 atom stereocenters. The van der Waals surface area contributed by atoms with Gasteiger partial charge in [-0.3, -0.25) is 4.40 Å². The Morgan fingerprint density at radius 3 is 3.08 bits per heavy atom. The van der Waals surface area contributed by atoms with E-state index in [1.165, 1.54) is 6.07 Å². The molecule has 66 valence electrons. The summed E-state index contributed by atoms with van der Waals surface area (Å²) in [6.07, 6.45) is 3.32. The van der Waals surface area contributed by atoms with Crippen LogP contribution in [0, 0.1) is 6.92 Å². The van der Waals surface area contributed by atoms with Crippen LogP contribution in [-0.2, 0) is 0 Å². The molecular formula is C8H7N3O2. The number of imidazole rings is 1. The van der Waals surface area contributed by atoms with E-state index in [1.807, 2.05) is 6.92 Å². The molecule has 1 N–H and O–H groups in total. The van der Waals surface area contributed by atoms with Crippen LogP contribution < -0.4 is 0 Å². The van der Waals surface area contributed by atoms with E-state index in [9.17, 15) is 4.79 Å². The molecule has 0 amide bonds. The van der Waals surface area contributed by atoms with Gasteiger partial charge in [0.2, 0.25) is 5.78 Å². The van der Waals surface area contributed by atoms with Gasteiger partial charge >= 0.3 is 5.97 Å². The molecule has 2 rings (SSSR count). The van der Waals surface area contributed by atoms with Gasteiger partial charge in [-0.1, -0.05) is 0 Å². The van der Waals surface area contributed by atoms with Gasteiger partial charge in [-0.15, -0.1) is 0 Å². The Balaban J connectivity index is 2.77. The van der Waals surface area contributed by atoms with E-state index in [1.54, 1.807) is 16.8 Å². The van der Waals surface area contributed by atoms with Crippen LogP contribution in [0.1, 0.15) is 16.2 Å². The van der Waals surface area contributed by atoms with Crippen LogP contribution in [0.25, 0.3) is 5.78 Å². The normalized spacial score (nSPS) is 10.5. The van der Waals surface area contributed by atoms with Crippen molar-refractivity contribution < 1.29 is 9.90 Å². The van der Waals surface area contributed by atoms with Crippen LogP contribution in [0.2, 0.25) is 0 Å². The molecular weight excluding hydrogens is 170 g/mol. The van der Waals surface area contributed by atoms with Crippen LogP contribution in [0.3, 0.4) is 0 Å². The topological polar surface area (TPSA) is 67.5 Å². The highest BCUT2D eigenvalue weighted by Crippen LogP contribution is 2.05. The van der Waals surface area contributed by atoms with E-state index in [4.69, 9.17) is 5.11 Å². The molecule has 0 aliphatic rings. The Hall–Kier alpha value is -1.91. The quantitative estimate of drug-likeness (QED) is 0.697. The predicted octanol–water partition coefficient (Wildman–Crippen LogP) is 0.736. The van der Waals surface area contributed by atoms with E-state index < -0.39 is 5.97 Å². The number of aryl methyl sites for hydroxylation is 1. The van der Waals surface area contributed by atoms with Gasteiger partial charge in [-0.25, -0.2) is 14.8 Å². The Morgan fingerprint density at radius 1 is 1.62 bits per heavy atom. The number of aromatic nitrogens is 3. The summed E-state index contributed by atoms with van der Waals surface area (Å²) in [7, 11) is 0. The minimum absolute atomic E-state index is 0.0243. The molecule has 0 aliphatic carbocycles. The Bertz CT molecular complexity index is 475. The van der Waals surface area contributed by atoms with E-state index >= 15 is 0 Å². The summed E-state index contributed by atoms with van der Waals surface area (Å²) in [4.78, 5) is 18.4. The lowest BCUT2D eigenvalue weighted by Gasteiger charge is -1.99. The van der Waals surface area contributed by atoms with Gasteiger partial charge in [0, 0.05) is 18.1 Å². The monoisotopic (exact) mass is 177 g/mol. The predicted molar refractivity (Wildman–Crippen MR) is 44.7 cm³/mol. The van der Waals surface area contributed by atoms with E-state index in [0.29, 0.717) is 5.78 Å². The molecule has 0 spiro atoms. The van der Waals surface area contributed by atoms with Crippen molar-refractivity contribution in [2.45, 2.75) is 6.92 Å². The Labute approximate surface area is 73.7 Å². The van der Waals surface area contributed by atoms with E-state index in [2.05, 4.69) is 9.97 Å². The largest absolute Gasteiger partial charge is 0.477 e. The van der Waals surface area contributed by atoms with Crippen LogP contribution in [0.4, 0.5) is 0 Å². The van der Waals surface area contributed by atoms with Crippen molar-refractivity contribution in [2.24, 2.45) is 0 Å². The SMILES string of the molecule is Cc1cc(C(=O)O)nc2nccn12. The zero-order valence-electron chi connectivity index (χ0n) is 6.93. The maximum absolute atomic E-state index is 10.6. The minimum Gasteiger partial charge on any atom is -0.477 e. The highest BCUT2D eigenvalue weighted by Gasteiger charge is 2.08. The molecule has 13 heavy (non-hydrogen) atoms. The van der Waals surface area contributed by atoms with Crippen LogP contribution in [-0.4, -0.2) is 25.4 Å². The van der Waals surface area contributed by atoms with Crippen molar-refractivity contribution in [2.75, 3.05) is 0 Å². The third kappa shape index (κ3) is 1.14. The molecule has 0 aliphatic heterocycles. The fourth-order valence-electron chi connectivity index (χ4n) is 1.17. The first-order chi connectivity index (χ1) is 6.18. The van der Waals surface area contributed by atoms with Crippen molar-refractivity contribution in [3.63, 3.8) is 0 Å². The lowest BCUT2D eigenvalue weighted by atomic mass is 10.3. The first-order valence-corrected chi connectivity index (χ1v) is 3.72. The fraction of sp³-hybridized carbons (Fsp3) is 0.125.